The third-order valence-corrected chi connectivity index (χ3v) is 3.60. The molecule has 4 heteroatoms. The van der Waals surface area contributed by atoms with Crippen molar-refractivity contribution in [3.05, 3.63) is 57.0 Å². The molecule has 0 aliphatic heterocycles. The minimum Gasteiger partial charge on any atom is -0.313 e. The summed E-state index contributed by atoms with van der Waals surface area (Å²) in [4.78, 5) is 0. The fourth-order valence-corrected chi connectivity index (χ4v) is 2.62. The van der Waals surface area contributed by atoms with Crippen molar-refractivity contribution >= 4 is 34.8 Å². The number of nitrogens with one attached hydrogen (secondary N) is 1. The zero-order valence-electron chi connectivity index (χ0n) is 10.5. The van der Waals surface area contributed by atoms with E-state index in [1.54, 1.807) is 6.07 Å². The molecule has 0 spiro atoms. The van der Waals surface area contributed by atoms with E-state index >= 15 is 0 Å². The maximum atomic E-state index is 6.29. The van der Waals surface area contributed by atoms with Gasteiger partial charge in [0.05, 0.1) is 0 Å². The first-order valence-corrected chi connectivity index (χ1v) is 7.19. The van der Waals surface area contributed by atoms with Crippen LogP contribution in [0.4, 0.5) is 0 Å². The summed E-state index contributed by atoms with van der Waals surface area (Å²) in [6.45, 7) is 3.75. The highest BCUT2D eigenvalue weighted by molar-refractivity contribution is 6.35. The molecule has 2 aromatic carbocycles. The molecule has 1 nitrogen and oxygen atoms in total. The van der Waals surface area contributed by atoms with Gasteiger partial charge in [-0.3, -0.25) is 0 Å². The van der Waals surface area contributed by atoms with Gasteiger partial charge in [0.25, 0.3) is 0 Å². The molecule has 0 fully saturated rings. The van der Waals surface area contributed by atoms with Crippen molar-refractivity contribution in [1.29, 1.82) is 0 Å². The van der Waals surface area contributed by atoms with Gasteiger partial charge in [-0.25, -0.2) is 0 Å². The van der Waals surface area contributed by atoms with E-state index in [0.717, 1.165) is 34.8 Å². The van der Waals surface area contributed by atoms with Gasteiger partial charge in [-0.1, -0.05) is 53.9 Å². The quantitative estimate of drug-likeness (QED) is 0.794. The highest BCUT2D eigenvalue weighted by Crippen LogP contribution is 2.30. The van der Waals surface area contributed by atoms with E-state index in [2.05, 4.69) is 12.2 Å². The van der Waals surface area contributed by atoms with Crippen LogP contribution in [0.15, 0.2) is 36.4 Å². The van der Waals surface area contributed by atoms with Gasteiger partial charge in [0.2, 0.25) is 0 Å². The lowest BCUT2D eigenvalue weighted by Crippen LogP contribution is -2.11. The molecule has 0 aliphatic carbocycles. The van der Waals surface area contributed by atoms with Gasteiger partial charge in [-0.15, -0.1) is 0 Å². The molecular weight excluding hydrogens is 301 g/mol. The Balaban J connectivity index is 2.33. The third kappa shape index (κ3) is 3.87. The summed E-state index contributed by atoms with van der Waals surface area (Å²) in [5.41, 5.74) is 3.06. The second kappa shape index (κ2) is 6.62. The van der Waals surface area contributed by atoms with Crippen molar-refractivity contribution in [2.24, 2.45) is 0 Å². The highest BCUT2D eigenvalue weighted by atomic mass is 35.5. The minimum atomic E-state index is 0.621. The van der Waals surface area contributed by atoms with E-state index in [4.69, 9.17) is 34.8 Å². The fourth-order valence-electron chi connectivity index (χ4n) is 1.85. The average molecular weight is 315 g/mol. The molecule has 0 atom stereocenters. The number of hydrogen-bond acceptors (Lipinski definition) is 1. The van der Waals surface area contributed by atoms with E-state index in [9.17, 15) is 0 Å². The Labute approximate surface area is 128 Å². The Hall–Kier alpha value is -0.730. The predicted octanol–water partition coefficient (Wildman–Crippen LogP) is 5.42. The zero-order valence-corrected chi connectivity index (χ0v) is 12.8. The van der Waals surface area contributed by atoms with Crippen LogP contribution in [0.3, 0.4) is 0 Å². The minimum absolute atomic E-state index is 0.621. The maximum absolute atomic E-state index is 6.29. The molecular formula is C15H14Cl3N. The van der Waals surface area contributed by atoms with Gasteiger partial charge in [0.1, 0.15) is 0 Å². The van der Waals surface area contributed by atoms with E-state index < -0.39 is 0 Å². The largest absolute Gasteiger partial charge is 0.313 e. The van der Waals surface area contributed by atoms with E-state index in [1.807, 2.05) is 30.3 Å². The van der Waals surface area contributed by atoms with E-state index in [1.165, 1.54) is 0 Å². The number of rotatable bonds is 4. The molecule has 0 radical (unpaired) electrons. The molecule has 2 aromatic rings. The normalized spacial score (nSPS) is 10.7. The third-order valence-electron chi connectivity index (χ3n) is 2.81. The number of benzene rings is 2. The summed E-state index contributed by atoms with van der Waals surface area (Å²) >= 11 is 18.3. The molecule has 2 rings (SSSR count). The molecule has 0 amide bonds. The first kappa shape index (κ1) is 14.7. The second-order valence-electron chi connectivity index (χ2n) is 4.24. The van der Waals surface area contributed by atoms with Gasteiger partial charge >= 0.3 is 0 Å². The van der Waals surface area contributed by atoms with Crippen LogP contribution in [0.1, 0.15) is 12.5 Å². The predicted molar refractivity (Wildman–Crippen MR) is 84.3 cm³/mol. The molecule has 0 saturated heterocycles. The molecule has 0 bridgehead atoms. The molecule has 100 valence electrons. The molecule has 0 aliphatic rings. The standard InChI is InChI=1S/C15H14Cl3N/c1-2-19-9-11-4-3-10(7-15(11)18)12-5-13(16)8-14(17)6-12/h3-8,19H,2,9H2,1H3. The summed E-state index contributed by atoms with van der Waals surface area (Å²) in [6.07, 6.45) is 0. The first-order chi connectivity index (χ1) is 9.10. The monoisotopic (exact) mass is 313 g/mol. The van der Waals surface area contributed by atoms with Crippen LogP contribution in [0, 0.1) is 0 Å². The summed E-state index contributed by atoms with van der Waals surface area (Å²) in [7, 11) is 0. The fraction of sp³-hybridized carbons (Fsp3) is 0.200. The SMILES string of the molecule is CCNCc1ccc(-c2cc(Cl)cc(Cl)c2)cc1Cl. The Morgan fingerprint density at radius 2 is 1.58 bits per heavy atom. The Kier molecular flexibility index (Phi) is 5.12. The van der Waals surface area contributed by atoms with Gasteiger partial charge in [0.15, 0.2) is 0 Å². The molecule has 0 aromatic heterocycles. The first-order valence-electron chi connectivity index (χ1n) is 6.05. The molecule has 0 saturated carbocycles. The lowest BCUT2D eigenvalue weighted by Gasteiger charge is -2.08. The topological polar surface area (TPSA) is 12.0 Å². The Morgan fingerprint density at radius 3 is 2.16 bits per heavy atom. The van der Waals surface area contributed by atoms with Crippen molar-refractivity contribution in [1.82, 2.24) is 5.32 Å². The number of halogens is 3. The summed E-state index contributed by atoms with van der Waals surface area (Å²) < 4.78 is 0. The molecule has 0 heterocycles. The van der Waals surface area contributed by atoms with Gasteiger partial charge < -0.3 is 5.32 Å². The van der Waals surface area contributed by atoms with Crippen LogP contribution in [-0.4, -0.2) is 6.54 Å². The van der Waals surface area contributed by atoms with Crippen LogP contribution in [0.2, 0.25) is 15.1 Å². The Bertz CT molecular complexity index is 561. The zero-order chi connectivity index (χ0) is 13.8. The van der Waals surface area contributed by atoms with Crippen LogP contribution in [0.5, 0.6) is 0 Å². The van der Waals surface area contributed by atoms with Crippen molar-refractivity contribution in [2.75, 3.05) is 6.54 Å². The van der Waals surface area contributed by atoms with E-state index in [-0.39, 0.29) is 0 Å². The van der Waals surface area contributed by atoms with Crippen LogP contribution in [-0.2, 0) is 6.54 Å². The average Bonchev–Trinajstić information content (AvgIpc) is 2.36. The molecule has 0 unspecified atom stereocenters. The van der Waals surface area contributed by atoms with Crippen LogP contribution >= 0.6 is 34.8 Å². The second-order valence-corrected chi connectivity index (χ2v) is 5.52. The highest BCUT2D eigenvalue weighted by Gasteiger charge is 2.05. The smallest absolute Gasteiger partial charge is 0.0457 e. The van der Waals surface area contributed by atoms with E-state index in [0.29, 0.717) is 10.0 Å². The number of hydrogen-bond donors (Lipinski definition) is 1. The van der Waals surface area contributed by atoms with Gasteiger partial charge in [0, 0.05) is 21.6 Å². The van der Waals surface area contributed by atoms with Crippen LogP contribution < -0.4 is 5.32 Å². The van der Waals surface area contributed by atoms with Gasteiger partial charge in [-0.05, 0) is 47.5 Å². The van der Waals surface area contributed by atoms with Crippen LogP contribution in [0.25, 0.3) is 11.1 Å². The van der Waals surface area contributed by atoms with Gasteiger partial charge in [-0.2, -0.15) is 0 Å². The van der Waals surface area contributed by atoms with Crippen molar-refractivity contribution in [3.63, 3.8) is 0 Å². The summed E-state index contributed by atoms with van der Waals surface area (Å²) in [5, 5.41) is 5.24. The van der Waals surface area contributed by atoms with Crippen molar-refractivity contribution in [3.8, 4) is 11.1 Å². The maximum Gasteiger partial charge on any atom is 0.0457 e. The lowest BCUT2D eigenvalue weighted by atomic mass is 10.0. The molecule has 19 heavy (non-hydrogen) atoms. The van der Waals surface area contributed by atoms with Crippen molar-refractivity contribution in [2.45, 2.75) is 13.5 Å². The Morgan fingerprint density at radius 1 is 0.895 bits per heavy atom. The van der Waals surface area contributed by atoms with Crippen molar-refractivity contribution < 1.29 is 0 Å². The lowest BCUT2D eigenvalue weighted by molar-refractivity contribution is 0.727. The molecule has 1 N–H and O–H groups in total. The summed E-state index contributed by atoms with van der Waals surface area (Å²) in [6, 6.07) is 11.5. The summed E-state index contributed by atoms with van der Waals surface area (Å²) in [5.74, 6) is 0.